The number of hydrogen-bond acceptors (Lipinski definition) is 4. The topological polar surface area (TPSA) is 44.8 Å². The number of carbonyl (C=O) groups is 1. The van der Waals surface area contributed by atoms with Gasteiger partial charge in [0, 0.05) is 38.8 Å². The van der Waals surface area contributed by atoms with Crippen LogP contribution in [0, 0.1) is 0 Å². The van der Waals surface area contributed by atoms with Gasteiger partial charge in [0.25, 0.3) is 0 Å². The molecule has 1 amide bonds. The molecule has 0 spiro atoms. The standard InChI is InChI=1S/C15H27N3O2/c19-15-14(16-13-3-1-4-13)5-2-6-18(15)8-7-17-9-11-20-12-10-17/h13-14,16H,1-12H2/t14-/m0/s1. The predicted octanol–water partition coefficient (Wildman–Crippen LogP) is 0.452. The van der Waals surface area contributed by atoms with Crippen molar-refractivity contribution in [2.45, 2.75) is 44.2 Å². The number of carbonyl (C=O) groups excluding carboxylic acids is 1. The summed E-state index contributed by atoms with van der Waals surface area (Å²) in [5.74, 6) is 0.330. The minimum atomic E-state index is 0.0822. The molecular formula is C15H27N3O2. The fraction of sp³-hybridized carbons (Fsp3) is 0.933. The van der Waals surface area contributed by atoms with Crippen molar-refractivity contribution in [3.63, 3.8) is 0 Å². The van der Waals surface area contributed by atoms with Crippen molar-refractivity contribution in [2.75, 3.05) is 45.9 Å². The van der Waals surface area contributed by atoms with Crippen LogP contribution >= 0.6 is 0 Å². The molecule has 0 aromatic rings. The smallest absolute Gasteiger partial charge is 0.239 e. The average molecular weight is 281 g/mol. The highest BCUT2D eigenvalue weighted by Gasteiger charge is 2.31. The predicted molar refractivity (Wildman–Crippen MR) is 77.6 cm³/mol. The van der Waals surface area contributed by atoms with Crippen LogP contribution in [0.1, 0.15) is 32.1 Å². The highest BCUT2D eigenvalue weighted by molar-refractivity contribution is 5.82. The van der Waals surface area contributed by atoms with Crippen LogP contribution in [0.5, 0.6) is 0 Å². The van der Waals surface area contributed by atoms with E-state index < -0.39 is 0 Å². The van der Waals surface area contributed by atoms with E-state index in [-0.39, 0.29) is 6.04 Å². The lowest BCUT2D eigenvalue weighted by Gasteiger charge is -2.38. The Labute approximate surface area is 121 Å². The molecule has 1 saturated carbocycles. The molecule has 0 radical (unpaired) electrons. The highest BCUT2D eigenvalue weighted by atomic mass is 16.5. The summed E-state index contributed by atoms with van der Waals surface area (Å²) in [7, 11) is 0. The number of nitrogens with zero attached hydrogens (tertiary/aromatic N) is 2. The molecule has 5 nitrogen and oxygen atoms in total. The maximum atomic E-state index is 12.5. The van der Waals surface area contributed by atoms with Crippen LogP contribution in [0.15, 0.2) is 0 Å². The van der Waals surface area contributed by atoms with Gasteiger partial charge < -0.3 is 15.0 Å². The molecule has 3 fully saturated rings. The van der Waals surface area contributed by atoms with Gasteiger partial charge in [-0.05, 0) is 25.7 Å². The second-order valence-corrected chi connectivity index (χ2v) is 6.27. The molecule has 3 rings (SSSR count). The van der Waals surface area contributed by atoms with Gasteiger partial charge in [-0.3, -0.25) is 9.69 Å². The molecule has 5 heteroatoms. The van der Waals surface area contributed by atoms with Crippen LogP contribution in [0.4, 0.5) is 0 Å². The average Bonchev–Trinajstić information content (AvgIpc) is 2.44. The normalized spacial score (nSPS) is 29.5. The van der Waals surface area contributed by atoms with E-state index in [4.69, 9.17) is 4.74 Å². The molecule has 2 saturated heterocycles. The molecule has 2 heterocycles. The first-order chi connectivity index (χ1) is 9.83. The van der Waals surface area contributed by atoms with E-state index in [1.165, 1.54) is 19.3 Å². The van der Waals surface area contributed by atoms with Crippen LogP contribution < -0.4 is 5.32 Å². The van der Waals surface area contributed by atoms with Gasteiger partial charge in [0.05, 0.1) is 19.3 Å². The summed E-state index contributed by atoms with van der Waals surface area (Å²) in [5.41, 5.74) is 0. The van der Waals surface area contributed by atoms with E-state index >= 15 is 0 Å². The summed E-state index contributed by atoms with van der Waals surface area (Å²) >= 11 is 0. The Hall–Kier alpha value is -0.650. The third kappa shape index (κ3) is 3.51. The minimum absolute atomic E-state index is 0.0822. The fourth-order valence-corrected chi connectivity index (χ4v) is 3.26. The quantitative estimate of drug-likeness (QED) is 0.795. The summed E-state index contributed by atoms with van der Waals surface area (Å²) in [4.78, 5) is 17.0. The fourth-order valence-electron chi connectivity index (χ4n) is 3.26. The second kappa shape index (κ2) is 6.87. The second-order valence-electron chi connectivity index (χ2n) is 6.27. The Morgan fingerprint density at radius 1 is 1.05 bits per heavy atom. The van der Waals surface area contributed by atoms with E-state index in [1.54, 1.807) is 0 Å². The van der Waals surface area contributed by atoms with Gasteiger partial charge >= 0.3 is 0 Å². The monoisotopic (exact) mass is 281 g/mol. The first-order valence-corrected chi connectivity index (χ1v) is 8.18. The van der Waals surface area contributed by atoms with Gasteiger partial charge in [0.15, 0.2) is 0 Å². The van der Waals surface area contributed by atoms with Crippen molar-refractivity contribution in [2.24, 2.45) is 0 Å². The van der Waals surface area contributed by atoms with Gasteiger partial charge in [0.2, 0.25) is 5.91 Å². The number of amides is 1. The van der Waals surface area contributed by atoms with E-state index in [2.05, 4.69) is 15.1 Å². The maximum absolute atomic E-state index is 12.5. The number of nitrogens with one attached hydrogen (secondary N) is 1. The lowest BCUT2D eigenvalue weighted by molar-refractivity contribution is -0.136. The molecular weight excluding hydrogens is 254 g/mol. The van der Waals surface area contributed by atoms with Crippen LogP contribution in [0.3, 0.4) is 0 Å². The number of hydrogen-bond donors (Lipinski definition) is 1. The molecule has 0 aromatic heterocycles. The summed E-state index contributed by atoms with van der Waals surface area (Å²) in [6.45, 7) is 6.48. The van der Waals surface area contributed by atoms with Crippen molar-refractivity contribution < 1.29 is 9.53 Å². The zero-order chi connectivity index (χ0) is 13.8. The summed E-state index contributed by atoms with van der Waals surface area (Å²) in [6.07, 6.45) is 5.97. The Kier molecular flexibility index (Phi) is 4.91. The van der Waals surface area contributed by atoms with Gasteiger partial charge in [0.1, 0.15) is 0 Å². The first-order valence-electron chi connectivity index (χ1n) is 8.18. The molecule has 2 aliphatic heterocycles. The maximum Gasteiger partial charge on any atom is 0.239 e. The van der Waals surface area contributed by atoms with E-state index in [0.29, 0.717) is 11.9 Å². The third-order valence-corrected chi connectivity index (χ3v) is 4.86. The Morgan fingerprint density at radius 2 is 1.85 bits per heavy atom. The van der Waals surface area contributed by atoms with Crippen molar-refractivity contribution in [1.82, 2.24) is 15.1 Å². The molecule has 1 atom stereocenters. The van der Waals surface area contributed by atoms with E-state index in [9.17, 15) is 4.79 Å². The molecule has 1 N–H and O–H groups in total. The van der Waals surface area contributed by atoms with Crippen LogP contribution in [-0.2, 0) is 9.53 Å². The lowest BCUT2D eigenvalue weighted by Crippen LogP contribution is -2.55. The summed E-state index contributed by atoms with van der Waals surface area (Å²) in [6, 6.07) is 0.682. The van der Waals surface area contributed by atoms with E-state index in [1.807, 2.05) is 0 Å². The van der Waals surface area contributed by atoms with Gasteiger partial charge in [-0.15, -0.1) is 0 Å². The Bertz CT molecular complexity index is 327. The molecule has 0 bridgehead atoms. The van der Waals surface area contributed by atoms with Crippen LogP contribution in [0.2, 0.25) is 0 Å². The van der Waals surface area contributed by atoms with Crippen molar-refractivity contribution >= 4 is 5.91 Å². The molecule has 3 aliphatic rings. The minimum Gasteiger partial charge on any atom is -0.379 e. The largest absolute Gasteiger partial charge is 0.379 e. The lowest BCUT2D eigenvalue weighted by atomic mass is 9.91. The Balaban J connectivity index is 1.44. The zero-order valence-electron chi connectivity index (χ0n) is 12.4. The SMILES string of the molecule is O=C1[C@@H](NC2CCC2)CCCN1CCN1CCOCC1. The molecule has 0 aromatic carbocycles. The highest BCUT2D eigenvalue weighted by Crippen LogP contribution is 2.21. The number of morpholine rings is 1. The molecule has 20 heavy (non-hydrogen) atoms. The summed E-state index contributed by atoms with van der Waals surface area (Å²) < 4.78 is 5.36. The molecule has 0 unspecified atom stereocenters. The van der Waals surface area contributed by atoms with Crippen molar-refractivity contribution in [3.05, 3.63) is 0 Å². The van der Waals surface area contributed by atoms with Gasteiger partial charge in [-0.2, -0.15) is 0 Å². The van der Waals surface area contributed by atoms with Crippen molar-refractivity contribution in [3.8, 4) is 0 Å². The number of ether oxygens (including phenoxy) is 1. The van der Waals surface area contributed by atoms with Gasteiger partial charge in [-0.25, -0.2) is 0 Å². The number of rotatable bonds is 5. The van der Waals surface area contributed by atoms with Crippen molar-refractivity contribution in [1.29, 1.82) is 0 Å². The Morgan fingerprint density at radius 3 is 2.55 bits per heavy atom. The number of piperidine rings is 1. The number of likely N-dealkylation sites (tertiary alicyclic amines) is 1. The third-order valence-electron chi connectivity index (χ3n) is 4.86. The van der Waals surface area contributed by atoms with Gasteiger partial charge in [-0.1, -0.05) is 6.42 Å². The zero-order valence-corrected chi connectivity index (χ0v) is 12.4. The van der Waals surface area contributed by atoms with Crippen LogP contribution in [0.25, 0.3) is 0 Å². The first kappa shape index (κ1) is 14.3. The molecule has 1 aliphatic carbocycles. The summed E-state index contributed by atoms with van der Waals surface area (Å²) in [5, 5.41) is 3.55. The van der Waals surface area contributed by atoms with Crippen LogP contribution in [-0.4, -0.2) is 73.7 Å². The molecule has 114 valence electrons. The van der Waals surface area contributed by atoms with E-state index in [0.717, 1.165) is 58.8 Å².